The zero-order chi connectivity index (χ0) is 19.8. The van der Waals surface area contributed by atoms with Crippen LogP contribution in [-0.4, -0.2) is 36.0 Å². The van der Waals surface area contributed by atoms with Gasteiger partial charge in [0.2, 0.25) is 6.79 Å². The van der Waals surface area contributed by atoms with Crippen LogP contribution in [0.1, 0.15) is 18.9 Å². The van der Waals surface area contributed by atoms with Crippen LogP contribution in [0.3, 0.4) is 0 Å². The van der Waals surface area contributed by atoms with Crippen molar-refractivity contribution in [3.05, 3.63) is 59.1 Å². The maximum Gasteiger partial charge on any atom is 0.337 e. The van der Waals surface area contributed by atoms with Crippen molar-refractivity contribution in [3.8, 4) is 11.1 Å². The van der Waals surface area contributed by atoms with Crippen molar-refractivity contribution in [1.29, 1.82) is 0 Å². The van der Waals surface area contributed by atoms with E-state index in [9.17, 15) is 14.7 Å². The van der Waals surface area contributed by atoms with Crippen LogP contribution >= 0.6 is 11.6 Å². The molecule has 2 aromatic rings. The highest BCUT2D eigenvalue weighted by Gasteiger charge is 2.20. The first-order valence-corrected chi connectivity index (χ1v) is 8.81. The third-order valence-corrected chi connectivity index (χ3v) is 4.11. The normalized spacial score (nSPS) is 12.9. The lowest BCUT2D eigenvalue weighted by atomic mass is 9.98. The van der Waals surface area contributed by atoms with Crippen molar-refractivity contribution in [2.24, 2.45) is 5.73 Å². The summed E-state index contributed by atoms with van der Waals surface area (Å²) in [6.07, 6.45) is -0.847. The topological polar surface area (TPSA) is 98.8 Å². The minimum atomic E-state index is -1.37. The van der Waals surface area contributed by atoms with Crippen LogP contribution in [0.4, 0.5) is 0 Å². The number of rotatable bonds is 8. The summed E-state index contributed by atoms with van der Waals surface area (Å²) in [6.45, 7) is 0.670. The molecule has 3 N–H and O–H groups in total. The van der Waals surface area contributed by atoms with Gasteiger partial charge in [-0.05, 0) is 41.7 Å². The molecule has 2 atom stereocenters. The highest BCUT2D eigenvalue weighted by molar-refractivity contribution is 6.30. The number of carbonyl (C=O) groups excluding carboxylic acids is 2. The summed E-state index contributed by atoms with van der Waals surface area (Å²) in [4.78, 5) is 22.2. The number of aliphatic hydroxyl groups is 1. The first-order chi connectivity index (χ1) is 12.8. The van der Waals surface area contributed by atoms with Crippen LogP contribution < -0.4 is 5.73 Å². The Morgan fingerprint density at radius 3 is 2.44 bits per heavy atom. The van der Waals surface area contributed by atoms with Crippen molar-refractivity contribution in [2.75, 3.05) is 6.79 Å². The maximum atomic E-state index is 11.6. The highest BCUT2D eigenvalue weighted by atomic mass is 35.5. The lowest BCUT2D eigenvalue weighted by molar-refractivity contribution is -0.172. The standard InChI is InChI=1S/C20H22ClNO5/c1-13(23)26-12-27-20(25)19(24)11-18(22)9-14-5-7-15(8-6-14)16-3-2-4-17(21)10-16/h2-8,10,18-19,24H,9,11-12,22H2,1H3/t18-,19?/m1/s1. The number of carbonyl (C=O) groups is 2. The van der Waals surface area contributed by atoms with Gasteiger partial charge in [0.25, 0.3) is 0 Å². The van der Waals surface area contributed by atoms with Crippen LogP contribution in [-0.2, 0) is 25.5 Å². The van der Waals surface area contributed by atoms with Gasteiger partial charge in [-0.1, -0.05) is 48.0 Å². The number of nitrogens with two attached hydrogens (primary N) is 1. The molecule has 0 saturated heterocycles. The molecule has 0 bridgehead atoms. The molecular formula is C20H22ClNO5. The summed E-state index contributed by atoms with van der Waals surface area (Å²) in [5.41, 5.74) is 9.05. The maximum absolute atomic E-state index is 11.6. The second-order valence-corrected chi connectivity index (χ2v) is 6.58. The minimum Gasteiger partial charge on any atom is -0.428 e. The fourth-order valence-electron chi connectivity index (χ4n) is 2.54. The van der Waals surface area contributed by atoms with E-state index in [1.807, 2.05) is 48.5 Å². The summed E-state index contributed by atoms with van der Waals surface area (Å²) in [5, 5.41) is 10.5. The first-order valence-electron chi connectivity index (χ1n) is 8.43. The van der Waals surface area contributed by atoms with Crippen LogP contribution in [0.5, 0.6) is 0 Å². The summed E-state index contributed by atoms with van der Waals surface area (Å²) in [7, 11) is 0. The Morgan fingerprint density at radius 2 is 1.81 bits per heavy atom. The quantitative estimate of drug-likeness (QED) is 0.530. The van der Waals surface area contributed by atoms with Crippen molar-refractivity contribution in [2.45, 2.75) is 31.9 Å². The summed E-state index contributed by atoms with van der Waals surface area (Å²) < 4.78 is 9.13. The average molecular weight is 392 g/mol. The molecule has 0 saturated carbocycles. The SMILES string of the molecule is CC(=O)OCOC(=O)C(O)C[C@H](N)Cc1ccc(-c2cccc(Cl)c2)cc1. The minimum absolute atomic E-state index is 0.0367. The Hall–Kier alpha value is -2.41. The zero-order valence-corrected chi connectivity index (χ0v) is 15.7. The molecule has 2 aromatic carbocycles. The van der Waals surface area contributed by atoms with E-state index in [0.717, 1.165) is 16.7 Å². The van der Waals surface area contributed by atoms with Gasteiger partial charge in [0, 0.05) is 18.0 Å². The molecule has 0 amide bonds. The van der Waals surface area contributed by atoms with E-state index in [1.54, 1.807) is 0 Å². The third kappa shape index (κ3) is 7.02. The predicted molar refractivity (Wildman–Crippen MR) is 102 cm³/mol. The van der Waals surface area contributed by atoms with Gasteiger partial charge in [0.05, 0.1) is 0 Å². The van der Waals surface area contributed by atoms with Gasteiger partial charge in [-0.25, -0.2) is 4.79 Å². The number of ether oxygens (including phenoxy) is 2. The van der Waals surface area contributed by atoms with Gasteiger partial charge in [0.1, 0.15) is 0 Å². The third-order valence-electron chi connectivity index (χ3n) is 3.87. The van der Waals surface area contributed by atoms with Crippen LogP contribution in [0.2, 0.25) is 5.02 Å². The molecule has 27 heavy (non-hydrogen) atoms. The van der Waals surface area contributed by atoms with Crippen molar-refractivity contribution in [3.63, 3.8) is 0 Å². The van der Waals surface area contributed by atoms with Crippen LogP contribution in [0.25, 0.3) is 11.1 Å². The van der Waals surface area contributed by atoms with Crippen molar-refractivity contribution in [1.82, 2.24) is 0 Å². The van der Waals surface area contributed by atoms with Gasteiger partial charge in [0.15, 0.2) is 6.10 Å². The Kier molecular flexibility index (Phi) is 7.79. The Balaban J connectivity index is 1.85. The van der Waals surface area contributed by atoms with Gasteiger partial charge < -0.3 is 20.3 Å². The Labute approximate surface area is 162 Å². The van der Waals surface area contributed by atoms with E-state index < -0.39 is 30.9 Å². The van der Waals surface area contributed by atoms with Crippen LogP contribution in [0.15, 0.2) is 48.5 Å². The van der Waals surface area contributed by atoms with E-state index in [4.69, 9.17) is 17.3 Å². The number of hydrogen-bond donors (Lipinski definition) is 2. The second-order valence-electron chi connectivity index (χ2n) is 6.14. The number of esters is 2. The fraction of sp³-hybridized carbons (Fsp3) is 0.300. The molecule has 0 radical (unpaired) electrons. The monoisotopic (exact) mass is 391 g/mol. The number of benzene rings is 2. The summed E-state index contributed by atoms with van der Waals surface area (Å²) >= 11 is 6.01. The van der Waals surface area contributed by atoms with E-state index in [-0.39, 0.29) is 6.42 Å². The van der Waals surface area contributed by atoms with Crippen molar-refractivity contribution >= 4 is 23.5 Å². The smallest absolute Gasteiger partial charge is 0.337 e. The molecule has 0 heterocycles. The number of hydrogen-bond acceptors (Lipinski definition) is 6. The van der Waals surface area contributed by atoms with E-state index >= 15 is 0 Å². The highest BCUT2D eigenvalue weighted by Crippen LogP contribution is 2.23. The molecule has 0 aliphatic heterocycles. The Morgan fingerprint density at radius 1 is 1.11 bits per heavy atom. The summed E-state index contributed by atoms with van der Waals surface area (Å²) in [6, 6.07) is 15.0. The molecule has 0 fully saturated rings. The van der Waals surface area contributed by atoms with Gasteiger partial charge in [-0.3, -0.25) is 4.79 Å². The lowest BCUT2D eigenvalue weighted by Gasteiger charge is -2.16. The second kappa shape index (κ2) is 10.1. The molecule has 0 aromatic heterocycles. The molecule has 0 aliphatic rings. The van der Waals surface area contributed by atoms with E-state index in [2.05, 4.69) is 9.47 Å². The molecule has 0 spiro atoms. The largest absolute Gasteiger partial charge is 0.428 e. The van der Waals surface area contributed by atoms with Gasteiger partial charge in [-0.2, -0.15) is 0 Å². The molecule has 7 heteroatoms. The van der Waals surface area contributed by atoms with E-state index in [0.29, 0.717) is 11.4 Å². The Bertz CT molecular complexity index is 778. The molecule has 2 rings (SSSR count). The van der Waals surface area contributed by atoms with Gasteiger partial charge >= 0.3 is 11.9 Å². The first kappa shape index (κ1) is 20.9. The molecule has 6 nitrogen and oxygen atoms in total. The van der Waals surface area contributed by atoms with Crippen molar-refractivity contribution < 1.29 is 24.2 Å². The zero-order valence-electron chi connectivity index (χ0n) is 14.9. The molecular weight excluding hydrogens is 370 g/mol. The van der Waals surface area contributed by atoms with E-state index in [1.165, 1.54) is 6.92 Å². The summed E-state index contributed by atoms with van der Waals surface area (Å²) in [5.74, 6) is -1.45. The average Bonchev–Trinajstić information content (AvgIpc) is 2.61. The molecule has 0 aliphatic carbocycles. The number of halogens is 1. The fourth-order valence-corrected chi connectivity index (χ4v) is 2.73. The van der Waals surface area contributed by atoms with Crippen LogP contribution in [0, 0.1) is 0 Å². The lowest BCUT2D eigenvalue weighted by Crippen LogP contribution is -2.34. The predicted octanol–water partition coefficient (Wildman–Crippen LogP) is 2.69. The molecule has 144 valence electrons. The van der Waals surface area contributed by atoms with Gasteiger partial charge in [-0.15, -0.1) is 0 Å². The number of aliphatic hydroxyl groups excluding tert-OH is 1. The molecule has 1 unspecified atom stereocenters.